The zero-order chi connectivity index (χ0) is 44.2. The van der Waals surface area contributed by atoms with Crippen LogP contribution in [0.25, 0.3) is 22.1 Å². The first-order valence-electron chi connectivity index (χ1n) is 17.9. The molecule has 24 nitrogen and oxygen atoms in total. The van der Waals surface area contributed by atoms with Gasteiger partial charge in [0.1, 0.15) is 83.2 Å². The number of hydrogen-bond donors (Lipinski definition) is 16. The van der Waals surface area contributed by atoms with E-state index in [1.165, 1.54) is 0 Å². The number of aliphatic hydroxyl groups excluding tert-OH is 9. The van der Waals surface area contributed by atoms with Gasteiger partial charge >= 0.3 is 0 Å². The normalized spacial score (nSPS) is 42.0. The van der Waals surface area contributed by atoms with E-state index in [0.29, 0.717) is 0 Å². The van der Waals surface area contributed by atoms with Gasteiger partial charge in [-0.1, -0.05) is 12.1 Å². The van der Waals surface area contributed by atoms with E-state index in [-0.39, 0.29) is 0 Å². The van der Waals surface area contributed by atoms with Gasteiger partial charge in [0, 0.05) is 12.1 Å². The quantitative estimate of drug-likeness (QED) is 0.0936. The molecule has 0 radical (unpaired) electrons. The van der Waals surface area contributed by atoms with Crippen LogP contribution < -0.4 is 10.2 Å². The summed E-state index contributed by atoms with van der Waals surface area (Å²) in [6, 6.07) is 5.42. The first-order valence-corrected chi connectivity index (χ1v) is 17.9. The Bertz CT molecular complexity index is 2250. The number of Topliss-reactive ketones (excluding diaryl/α,β-unsaturated/α-hetero) is 2. The van der Waals surface area contributed by atoms with E-state index >= 15 is 0 Å². The highest BCUT2D eigenvalue weighted by molar-refractivity contribution is 6.17. The summed E-state index contributed by atoms with van der Waals surface area (Å²) in [5.41, 5.74) is -16.6. The number of phenolic OH excluding ortho intramolecular Hbond substituents is 2. The largest absolute Gasteiger partial charge is 0.508 e. The maximum atomic E-state index is 14.6. The van der Waals surface area contributed by atoms with E-state index < -0.39 is 178 Å². The minimum absolute atomic E-state index is 0.414. The lowest BCUT2D eigenvalue weighted by atomic mass is 9.60. The van der Waals surface area contributed by atoms with Gasteiger partial charge in [0.25, 0.3) is 5.79 Å². The molecule has 2 aromatic carbocycles. The van der Waals surface area contributed by atoms with Crippen LogP contribution in [0.15, 0.2) is 45.6 Å². The van der Waals surface area contributed by atoms with Gasteiger partial charge in [-0.15, -0.1) is 0 Å². The van der Waals surface area contributed by atoms with Gasteiger partial charge in [-0.25, -0.2) is 0 Å². The number of carbonyl (C=O) groups is 2. The molecular weight excluding hydrogens is 816 g/mol. The Morgan fingerprint density at radius 1 is 0.700 bits per heavy atom. The number of phenols is 2. The van der Waals surface area contributed by atoms with Crippen molar-refractivity contribution >= 4 is 22.5 Å². The molecule has 0 amide bonds. The number of ether oxygens (including phenoxy) is 4. The van der Waals surface area contributed by atoms with Crippen molar-refractivity contribution in [3.05, 3.63) is 52.4 Å². The number of benzene rings is 2. The monoisotopic (exact) mass is 856 g/mol. The summed E-state index contributed by atoms with van der Waals surface area (Å²) >= 11 is 0. The van der Waals surface area contributed by atoms with Gasteiger partial charge in [0.15, 0.2) is 22.9 Å². The summed E-state index contributed by atoms with van der Waals surface area (Å²) in [4.78, 5) is 41.4. The highest BCUT2D eigenvalue weighted by atomic mass is 16.7. The fourth-order valence-corrected chi connectivity index (χ4v) is 8.39. The van der Waals surface area contributed by atoms with Crippen molar-refractivity contribution < 1.29 is 115 Å². The second-order valence-electron chi connectivity index (χ2n) is 14.9. The third-order valence-electron chi connectivity index (χ3n) is 11.7. The molecular formula is C36H40O24. The fourth-order valence-electron chi connectivity index (χ4n) is 8.39. The van der Waals surface area contributed by atoms with Gasteiger partial charge in [-0.05, 0) is 17.7 Å². The summed E-state index contributed by atoms with van der Waals surface area (Å²) in [6.07, 6.45) is -24.3. The molecule has 5 unspecified atom stereocenters. The van der Waals surface area contributed by atoms with Gasteiger partial charge in [-0.3, -0.25) is 14.4 Å². The molecule has 1 saturated carbocycles. The molecule has 4 aliphatic rings. The smallest absolute Gasteiger partial charge is 0.265 e. The lowest BCUT2D eigenvalue weighted by molar-refractivity contribution is -0.510. The summed E-state index contributed by atoms with van der Waals surface area (Å²) in [5, 5.41) is 177. The molecule has 4 heterocycles. The Morgan fingerprint density at radius 3 is 1.92 bits per heavy atom. The van der Waals surface area contributed by atoms with Crippen LogP contribution in [-0.2, 0) is 29.6 Å². The predicted molar refractivity (Wildman–Crippen MR) is 186 cm³/mol. The number of hydrogen-bond acceptors (Lipinski definition) is 24. The Kier molecular flexibility index (Phi) is 10.7. The molecule has 15 atom stereocenters. The maximum Gasteiger partial charge on any atom is 0.265 e. The number of carbonyl (C=O) groups excluding carboxylic acids is 2. The van der Waals surface area contributed by atoms with E-state index in [9.17, 15) is 96.1 Å². The Hall–Kier alpha value is -4.29. The van der Waals surface area contributed by atoms with Crippen molar-refractivity contribution in [1.29, 1.82) is 0 Å². The third kappa shape index (κ3) is 5.57. The average Bonchev–Trinajstić information content (AvgIpc) is 3.40. The van der Waals surface area contributed by atoms with Crippen LogP contribution in [0, 0.1) is 0 Å². The van der Waals surface area contributed by atoms with E-state index in [1.54, 1.807) is 0 Å². The van der Waals surface area contributed by atoms with Gasteiger partial charge < -0.3 is 105 Å². The minimum atomic E-state index is -4.64. The molecule has 1 aliphatic carbocycles. The molecule has 0 spiro atoms. The average molecular weight is 857 g/mol. The molecule has 24 heteroatoms. The number of aromatic hydroxyl groups is 2. The molecule has 328 valence electrons. The lowest BCUT2D eigenvalue weighted by Gasteiger charge is -2.64. The van der Waals surface area contributed by atoms with Crippen LogP contribution in [0.3, 0.4) is 0 Å². The molecule has 4 fully saturated rings. The van der Waals surface area contributed by atoms with Crippen molar-refractivity contribution in [2.45, 2.75) is 96.0 Å². The van der Waals surface area contributed by atoms with Crippen LogP contribution >= 0.6 is 0 Å². The highest BCUT2D eigenvalue weighted by Gasteiger charge is 2.90. The van der Waals surface area contributed by atoms with Crippen LogP contribution in [-0.4, -0.2) is 197 Å². The van der Waals surface area contributed by atoms with E-state index in [0.717, 1.165) is 36.4 Å². The van der Waals surface area contributed by atoms with Crippen molar-refractivity contribution in [1.82, 2.24) is 0 Å². The molecule has 7 rings (SSSR count). The zero-order valence-corrected chi connectivity index (χ0v) is 30.5. The molecule has 0 bridgehead atoms. The second kappa shape index (κ2) is 14.7. The van der Waals surface area contributed by atoms with Crippen molar-refractivity contribution in [2.75, 3.05) is 19.8 Å². The highest BCUT2D eigenvalue weighted by Crippen LogP contribution is 2.60. The van der Waals surface area contributed by atoms with E-state index in [1.807, 2.05) is 0 Å². The van der Waals surface area contributed by atoms with Crippen LogP contribution in [0.5, 0.6) is 17.2 Å². The van der Waals surface area contributed by atoms with E-state index in [2.05, 4.69) is 0 Å². The van der Waals surface area contributed by atoms with Gasteiger partial charge in [0.05, 0.1) is 31.8 Å². The third-order valence-corrected chi connectivity index (χ3v) is 11.7. The van der Waals surface area contributed by atoms with Crippen molar-refractivity contribution in [3.8, 4) is 28.4 Å². The molecule has 60 heavy (non-hydrogen) atoms. The Balaban J connectivity index is 1.54. The van der Waals surface area contributed by atoms with Gasteiger partial charge in [0.2, 0.25) is 28.7 Å². The summed E-state index contributed by atoms with van der Waals surface area (Å²) in [6.45, 7) is -3.77. The first kappa shape index (κ1) is 43.8. The number of fused-ring (bicyclic) bond motifs is 2. The topological polar surface area (TPSA) is 425 Å². The number of aliphatic hydroxyl groups is 14. The minimum Gasteiger partial charge on any atom is -0.508 e. The predicted octanol–water partition coefficient (Wildman–Crippen LogP) is -7.52. The Labute approximate surface area is 333 Å². The summed E-state index contributed by atoms with van der Waals surface area (Å²) in [5.74, 6) is -16.2. The molecule has 3 aliphatic heterocycles. The summed E-state index contributed by atoms with van der Waals surface area (Å²) in [7, 11) is 0. The van der Waals surface area contributed by atoms with Crippen LogP contribution in [0.1, 0.15) is 12.2 Å². The lowest BCUT2D eigenvalue weighted by Crippen LogP contribution is -2.92. The van der Waals surface area contributed by atoms with Crippen molar-refractivity contribution in [3.63, 3.8) is 0 Å². The number of rotatable bonds is 8. The fraction of sp³-hybridized carbons (Fsp3) is 0.528. The molecule has 1 aromatic heterocycles. The van der Waals surface area contributed by atoms with E-state index in [4.69, 9.17) is 23.4 Å². The summed E-state index contributed by atoms with van der Waals surface area (Å²) < 4.78 is 27.6. The molecule has 3 saturated heterocycles. The Morgan fingerprint density at radius 2 is 1.32 bits per heavy atom. The second-order valence-corrected chi connectivity index (χ2v) is 14.9. The standard InChI is InChI=1S/C36H40O24/c37-8-16-23(44)26(47)27(48)31(58-16)56-13-5-14(41)22-15(6-13)57-30(21(25(22)46)11-1-3-12(40)4-2-11)35(54)34(53,29(50)24(45)17(9-38)59-35)36(55)33(52)20(43)7-19(42)32(33,51)28(49)18(10-39)60-36/h1-6,16-18,23-24,26-29,31,37-41,44-45,47-55H,7-10H2/t16?,17-,18-,23-,24-,26?,27?,28+,29+,31-,32+,33+,34+,35?,36?/m1/s1. The zero-order valence-electron chi connectivity index (χ0n) is 30.5. The van der Waals surface area contributed by atoms with Crippen molar-refractivity contribution in [2.24, 2.45) is 0 Å². The molecule has 16 N–H and O–H groups in total. The number of ketones is 2. The van der Waals surface area contributed by atoms with Crippen LogP contribution in [0.2, 0.25) is 0 Å². The SMILES string of the molecule is O=C1CC(=O)[C@]2(O)[C@@H](O)[C@@H](CO)OC(O)([C@]3(O)[C@@H](O)[C@H](O)[C@@H](CO)OC3(O)c3oc4cc(O[C@@H]5OC(CO)[C@@H](O)C(O)C5O)cc(O)c4c(=O)c3-c3ccc(O)cc3)[C@]12O. The van der Waals surface area contributed by atoms with Gasteiger partial charge in [-0.2, -0.15) is 0 Å². The maximum absolute atomic E-state index is 14.6. The molecule has 3 aromatic rings. The first-order chi connectivity index (χ1) is 28.0. The van der Waals surface area contributed by atoms with Crippen LogP contribution in [0.4, 0.5) is 0 Å².